The van der Waals surface area contributed by atoms with Crippen LogP contribution in [0.5, 0.6) is 0 Å². The van der Waals surface area contributed by atoms with Gasteiger partial charge in [0.25, 0.3) is 0 Å². The van der Waals surface area contributed by atoms with Crippen molar-refractivity contribution >= 4 is 11.8 Å². The number of ketones is 1. The zero-order valence-corrected chi connectivity index (χ0v) is 9.09. The number of carbonyl (C=O) groups excluding carboxylic acids is 1. The van der Waals surface area contributed by atoms with E-state index >= 15 is 0 Å². The first-order chi connectivity index (χ1) is 6.38. The van der Waals surface area contributed by atoms with Gasteiger partial charge in [0, 0.05) is 11.8 Å². The van der Waals surface area contributed by atoms with Gasteiger partial charge in [0.15, 0.2) is 0 Å². The highest BCUT2D eigenvalue weighted by molar-refractivity contribution is 5.95. The fourth-order valence-corrected chi connectivity index (χ4v) is 2.48. The van der Waals surface area contributed by atoms with Gasteiger partial charge in [0.05, 0.1) is 5.41 Å². The molecule has 1 rings (SSSR count). The zero-order chi connectivity index (χ0) is 11.0. The molecule has 0 heterocycles. The predicted octanol–water partition coefficient (Wildman–Crippen LogP) is 2.25. The van der Waals surface area contributed by atoms with Gasteiger partial charge in [-0.15, -0.1) is 0 Å². The second-order valence-corrected chi connectivity index (χ2v) is 4.64. The third-order valence-corrected chi connectivity index (χ3v) is 3.91. The SMILES string of the molecule is CCC[C@@]1(C)C(=O)CC[C@]1(C)C(=O)O. The molecule has 0 bridgehead atoms. The van der Waals surface area contributed by atoms with Gasteiger partial charge in [-0.3, -0.25) is 9.59 Å². The highest BCUT2D eigenvalue weighted by Crippen LogP contribution is 2.53. The van der Waals surface area contributed by atoms with E-state index in [0.29, 0.717) is 19.3 Å². The second-order valence-electron chi connectivity index (χ2n) is 4.64. The third-order valence-electron chi connectivity index (χ3n) is 3.91. The molecule has 0 aromatic carbocycles. The molecule has 0 aliphatic heterocycles. The van der Waals surface area contributed by atoms with Crippen LogP contribution < -0.4 is 0 Å². The first-order valence-electron chi connectivity index (χ1n) is 5.15. The lowest BCUT2D eigenvalue weighted by atomic mass is 9.65. The summed E-state index contributed by atoms with van der Waals surface area (Å²) in [4.78, 5) is 22.9. The molecule has 2 atom stereocenters. The minimum Gasteiger partial charge on any atom is -0.481 e. The van der Waals surface area contributed by atoms with Gasteiger partial charge in [-0.05, 0) is 19.8 Å². The number of carboxylic acids is 1. The molecule has 14 heavy (non-hydrogen) atoms. The number of carbonyl (C=O) groups is 2. The molecule has 0 radical (unpaired) electrons. The van der Waals surface area contributed by atoms with Crippen LogP contribution in [0.15, 0.2) is 0 Å². The van der Waals surface area contributed by atoms with E-state index in [1.165, 1.54) is 0 Å². The molecule has 3 heteroatoms. The molecular weight excluding hydrogens is 180 g/mol. The number of rotatable bonds is 3. The largest absolute Gasteiger partial charge is 0.481 e. The molecule has 1 N–H and O–H groups in total. The number of aliphatic carboxylic acids is 1. The van der Waals surface area contributed by atoms with Gasteiger partial charge in [-0.1, -0.05) is 20.3 Å². The Morgan fingerprint density at radius 1 is 1.50 bits per heavy atom. The Morgan fingerprint density at radius 2 is 2.07 bits per heavy atom. The van der Waals surface area contributed by atoms with E-state index in [2.05, 4.69) is 0 Å². The van der Waals surface area contributed by atoms with Crippen LogP contribution in [0.25, 0.3) is 0 Å². The van der Waals surface area contributed by atoms with Crippen molar-refractivity contribution in [3.63, 3.8) is 0 Å². The van der Waals surface area contributed by atoms with Crippen LogP contribution in [0, 0.1) is 10.8 Å². The Bertz CT molecular complexity index is 272. The van der Waals surface area contributed by atoms with Crippen molar-refractivity contribution in [3.05, 3.63) is 0 Å². The van der Waals surface area contributed by atoms with Crippen LogP contribution in [-0.4, -0.2) is 16.9 Å². The van der Waals surface area contributed by atoms with E-state index in [4.69, 9.17) is 0 Å². The monoisotopic (exact) mass is 198 g/mol. The molecule has 0 saturated heterocycles. The Balaban J connectivity index is 3.08. The molecule has 1 aliphatic carbocycles. The standard InChI is InChI=1S/C11H18O3/c1-4-6-10(2)8(12)5-7-11(10,3)9(13)14/h4-7H2,1-3H3,(H,13,14)/t10-,11+/m0/s1. The normalized spacial score (nSPS) is 37.5. The van der Waals surface area contributed by atoms with Crippen molar-refractivity contribution in [1.82, 2.24) is 0 Å². The van der Waals surface area contributed by atoms with Crippen molar-refractivity contribution in [3.8, 4) is 0 Å². The van der Waals surface area contributed by atoms with Crippen LogP contribution in [0.3, 0.4) is 0 Å². The highest BCUT2D eigenvalue weighted by Gasteiger charge is 2.58. The lowest BCUT2D eigenvalue weighted by Gasteiger charge is -2.36. The first kappa shape index (κ1) is 11.2. The maximum absolute atomic E-state index is 11.7. The second kappa shape index (κ2) is 3.37. The summed E-state index contributed by atoms with van der Waals surface area (Å²) in [5.74, 6) is -0.719. The van der Waals surface area contributed by atoms with Crippen molar-refractivity contribution < 1.29 is 14.7 Å². The van der Waals surface area contributed by atoms with Gasteiger partial charge in [0.2, 0.25) is 0 Å². The molecule has 0 amide bonds. The molecule has 1 saturated carbocycles. The zero-order valence-electron chi connectivity index (χ0n) is 9.09. The lowest BCUT2D eigenvalue weighted by molar-refractivity contribution is -0.157. The van der Waals surface area contributed by atoms with Gasteiger partial charge in [-0.25, -0.2) is 0 Å². The predicted molar refractivity (Wildman–Crippen MR) is 53.0 cm³/mol. The summed E-state index contributed by atoms with van der Waals surface area (Å²) in [6, 6.07) is 0. The fraction of sp³-hybridized carbons (Fsp3) is 0.818. The topological polar surface area (TPSA) is 54.4 Å². The number of carboxylic acid groups (broad SMARTS) is 1. The molecule has 0 unspecified atom stereocenters. The quantitative estimate of drug-likeness (QED) is 0.756. The first-order valence-corrected chi connectivity index (χ1v) is 5.15. The number of hydrogen-bond donors (Lipinski definition) is 1. The lowest BCUT2D eigenvalue weighted by Crippen LogP contribution is -2.43. The average molecular weight is 198 g/mol. The van der Waals surface area contributed by atoms with Gasteiger partial charge < -0.3 is 5.11 Å². The maximum atomic E-state index is 11.7. The van der Waals surface area contributed by atoms with Crippen molar-refractivity contribution in [1.29, 1.82) is 0 Å². The minimum atomic E-state index is -0.861. The van der Waals surface area contributed by atoms with Crippen molar-refractivity contribution in [2.24, 2.45) is 10.8 Å². The molecule has 0 spiro atoms. The summed E-state index contributed by atoms with van der Waals surface area (Å²) < 4.78 is 0. The average Bonchev–Trinajstić information content (AvgIpc) is 2.32. The van der Waals surface area contributed by atoms with Crippen LogP contribution in [0.2, 0.25) is 0 Å². The summed E-state index contributed by atoms with van der Waals surface area (Å²) in [5.41, 5.74) is -1.52. The smallest absolute Gasteiger partial charge is 0.310 e. The molecule has 0 aromatic heterocycles. The Labute approximate surface area is 84.5 Å². The Kier molecular flexibility index (Phi) is 2.70. The van der Waals surface area contributed by atoms with Gasteiger partial charge >= 0.3 is 5.97 Å². The summed E-state index contributed by atoms with van der Waals surface area (Å²) in [5, 5.41) is 9.20. The highest BCUT2D eigenvalue weighted by atomic mass is 16.4. The summed E-state index contributed by atoms with van der Waals surface area (Å²) >= 11 is 0. The van der Waals surface area contributed by atoms with Crippen LogP contribution in [-0.2, 0) is 9.59 Å². The third kappa shape index (κ3) is 1.26. The summed E-state index contributed by atoms with van der Waals surface area (Å²) in [7, 11) is 0. The maximum Gasteiger partial charge on any atom is 0.310 e. The summed E-state index contributed by atoms with van der Waals surface area (Å²) in [6.07, 6.45) is 2.43. The van der Waals surface area contributed by atoms with Crippen LogP contribution in [0.4, 0.5) is 0 Å². The van der Waals surface area contributed by atoms with E-state index in [9.17, 15) is 14.7 Å². The van der Waals surface area contributed by atoms with E-state index in [1.54, 1.807) is 13.8 Å². The number of hydrogen-bond acceptors (Lipinski definition) is 2. The summed E-state index contributed by atoms with van der Waals surface area (Å²) in [6.45, 7) is 5.50. The molecule has 0 aromatic rings. The van der Waals surface area contributed by atoms with Crippen molar-refractivity contribution in [2.75, 3.05) is 0 Å². The Morgan fingerprint density at radius 3 is 2.50 bits per heavy atom. The Hall–Kier alpha value is -0.860. The van der Waals surface area contributed by atoms with Gasteiger partial charge in [-0.2, -0.15) is 0 Å². The van der Waals surface area contributed by atoms with Crippen molar-refractivity contribution in [2.45, 2.75) is 46.5 Å². The fourth-order valence-electron chi connectivity index (χ4n) is 2.48. The van der Waals surface area contributed by atoms with Crippen LogP contribution in [0.1, 0.15) is 46.5 Å². The van der Waals surface area contributed by atoms with Gasteiger partial charge in [0.1, 0.15) is 5.78 Å². The molecule has 3 nitrogen and oxygen atoms in total. The molecule has 1 fully saturated rings. The molecule has 1 aliphatic rings. The molecule has 80 valence electrons. The van der Waals surface area contributed by atoms with E-state index < -0.39 is 16.8 Å². The van der Waals surface area contributed by atoms with E-state index in [0.717, 1.165) is 6.42 Å². The minimum absolute atomic E-state index is 0.115. The van der Waals surface area contributed by atoms with E-state index in [1.807, 2.05) is 6.92 Å². The van der Waals surface area contributed by atoms with Crippen LogP contribution >= 0.6 is 0 Å². The molecular formula is C11H18O3. The van der Waals surface area contributed by atoms with E-state index in [-0.39, 0.29) is 5.78 Å². The number of Topliss-reactive ketones (excluding diaryl/α,β-unsaturated/α-hetero) is 1.